The molecule has 0 aliphatic carbocycles. The van der Waals surface area contributed by atoms with Gasteiger partial charge in [0.2, 0.25) is 5.91 Å². The zero-order chi connectivity index (χ0) is 22.5. The summed E-state index contributed by atoms with van der Waals surface area (Å²) in [7, 11) is 3.20. The Morgan fingerprint density at radius 3 is 2.34 bits per heavy atom. The summed E-state index contributed by atoms with van der Waals surface area (Å²) in [4.78, 5) is 30.2. The molecule has 2 aromatic heterocycles. The van der Waals surface area contributed by atoms with Crippen molar-refractivity contribution in [2.45, 2.75) is 11.7 Å². The van der Waals surface area contributed by atoms with Gasteiger partial charge >= 0.3 is 0 Å². The highest BCUT2D eigenvalue weighted by atomic mass is 32.2. The van der Waals surface area contributed by atoms with Crippen LogP contribution in [0.15, 0.2) is 69.9 Å². The van der Waals surface area contributed by atoms with Gasteiger partial charge in [-0.15, -0.1) is 11.3 Å². The highest BCUT2D eigenvalue weighted by molar-refractivity contribution is 7.99. The molecule has 0 unspecified atom stereocenters. The number of carbonyl (C=O) groups excluding carboxylic acids is 1. The van der Waals surface area contributed by atoms with Gasteiger partial charge in [-0.05, 0) is 53.4 Å². The lowest BCUT2D eigenvalue weighted by Gasteiger charge is -2.13. The molecular weight excluding hydrogens is 446 g/mol. The van der Waals surface area contributed by atoms with E-state index in [9.17, 15) is 9.59 Å². The Morgan fingerprint density at radius 1 is 1.03 bits per heavy atom. The zero-order valence-corrected chi connectivity index (χ0v) is 19.2. The Labute approximate surface area is 193 Å². The molecule has 1 amide bonds. The molecule has 0 atom stereocenters. The predicted molar refractivity (Wildman–Crippen MR) is 128 cm³/mol. The number of benzene rings is 2. The number of rotatable bonds is 8. The second kappa shape index (κ2) is 9.88. The van der Waals surface area contributed by atoms with Crippen molar-refractivity contribution in [3.8, 4) is 11.5 Å². The average Bonchev–Trinajstić information content (AvgIpc) is 3.29. The molecule has 0 saturated carbocycles. The molecule has 0 aliphatic rings. The summed E-state index contributed by atoms with van der Waals surface area (Å²) in [6.45, 7) is 0.353. The van der Waals surface area contributed by atoms with E-state index in [0.717, 1.165) is 11.3 Å². The molecule has 1 N–H and O–H groups in total. The SMILES string of the molecule is COc1ccc(Cn2c(SCC(=O)Nc3ccc(OC)cc3)nc3ccsc3c2=O)cc1. The highest BCUT2D eigenvalue weighted by Gasteiger charge is 2.15. The fourth-order valence-electron chi connectivity index (χ4n) is 3.09. The molecule has 0 radical (unpaired) electrons. The number of nitrogens with one attached hydrogen (secondary N) is 1. The van der Waals surface area contributed by atoms with Crippen LogP contribution in [0.5, 0.6) is 11.5 Å². The molecule has 0 bridgehead atoms. The van der Waals surface area contributed by atoms with Crippen molar-refractivity contribution in [3.05, 3.63) is 75.9 Å². The first-order valence-electron chi connectivity index (χ1n) is 9.75. The predicted octanol–water partition coefficient (Wildman–Crippen LogP) is 4.25. The first-order chi connectivity index (χ1) is 15.6. The number of nitrogens with zero attached hydrogens (tertiary/aromatic N) is 2. The summed E-state index contributed by atoms with van der Waals surface area (Å²) in [5.74, 6) is 1.40. The molecule has 7 nitrogen and oxygen atoms in total. The van der Waals surface area contributed by atoms with Crippen molar-refractivity contribution in [2.24, 2.45) is 0 Å². The molecule has 0 saturated heterocycles. The maximum atomic E-state index is 13.1. The summed E-state index contributed by atoms with van der Waals surface area (Å²) in [5.41, 5.74) is 2.14. The van der Waals surface area contributed by atoms with Crippen molar-refractivity contribution in [2.75, 3.05) is 25.3 Å². The minimum atomic E-state index is -0.184. The minimum Gasteiger partial charge on any atom is -0.497 e. The van der Waals surface area contributed by atoms with Crippen molar-refractivity contribution >= 4 is 44.9 Å². The van der Waals surface area contributed by atoms with E-state index in [0.29, 0.717) is 33.4 Å². The fraction of sp³-hybridized carbons (Fsp3) is 0.174. The number of ether oxygens (including phenoxy) is 2. The first kappa shape index (κ1) is 21.9. The number of hydrogen-bond acceptors (Lipinski definition) is 7. The van der Waals surface area contributed by atoms with Crippen LogP contribution < -0.4 is 20.3 Å². The summed E-state index contributed by atoms with van der Waals surface area (Å²) in [5, 5.41) is 5.20. The Morgan fingerprint density at radius 2 is 1.69 bits per heavy atom. The number of carbonyl (C=O) groups is 1. The number of thiophene rings is 1. The van der Waals surface area contributed by atoms with Crippen LogP contribution in [-0.2, 0) is 11.3 Å². The van der Waals surface area contributed by atoms with Crippen LogP contribution in [0.3, 0.4) is 0 Å². The molecular formula is C23H21N3O4S2. The van der Waals surface area contributed by atoms with Crippen LogP contribution in [-0.4, -0.2) is 35.4 Å². The topological polar surface area (TPSA) is 82.4 Å². The lowest BCUT2D eigenvalue weighted by molar-refractivity contribution is -0.113. The molecule has 9 heteroatoms. The number of methoxy groups -OCH3 is 2. The summed E-state index contributed by atoms with van der Waals surface area (Å²) in [6, 6.07) is 16.5. The van der Waals surface area contributed by atoms with E-state index >= 15 is 0 Å². The van der Waals surface area contributed by atoms with Gasteiger partial charge in [-0.2, -0.15) is 0 Å². The van der Waals surface area contributed by atoms with Crippen LogP contribution in [0.2, 0.25) is 0 Å². The van der Waals surface area contributed by atoms with Gasteiger partial charge in [0, 0.05) is 5.69 Å². The Balaban J connectivity index is 1.54. The van der Waals surface area contributed by atoms with E-state index in [1.807, 2.05) is 35.7 Å². The molecule has 0 fully saturated rings. The van der Waals surface area contributed by atoms with Gasteiger partial charge in [-0.3, -0.25) is 14.2 Å². The van der Waals surface area contributed by atoms with Gasteiger partial charge in [0.25, 0.3) is 5.56 Å². The second-order valence-corrected chi connectivity index (χ2v) is 8.69. The maximum Gasteiger partial charge on any atom is 0.272 e. The van der Waals surface area contributed by atoms with Crippen LogP contribution in [0, 0.1) is 0 Å². The highest BCUT2D eigenvalue weighted by Crippen LogP contribution is 2.23. The van der Waals surface area contributed by atoms with E-state index in [4.69, 9.17) is 9.47 Å². The van der Waals surface area contributed by atoms with Crippen LogP contribution in [0.25, 0.3) is 10.2 Å². The smallest absolute Gasteiger partial charge is 0.272 e. The van der Waals surface area contributed by atoms with Crippen molar-refractivity contribution < 1.29 is 14.3 Å². The number of hydrogen-bond donors (Lipinski definition) is 1. The zero-order valence-electron chi connectivity index (χ0n) is 17.5. The maximum absolute atomic E-state index is 13.1. The van der Waals surface area contributed by atoms with Gasteiger partial charge in [0.1, 0.15) is 16.2 Å². The first-order valence-corrected chi connectivity index (χ1v) is 11.6. The largest absolute Gasteiger partial charge is 0.497 e. The quantitative estimate of drug-likeness (QED) is 0.308. The molecule has 4 aromatic rings. The van der Waals surface area contributed by atoms with E-state index in [2.05, 4.69) is 10.3 Å². The number of thioether (sulfide) groups is 1. The van der Waals surface area contributed by atoms with E-state index in [1.165, 1.54) is 23.1 Å². The lowest BCUT2D eigenvalue weighted by atomic mass is 10.2. The Kier molecular flexibility index (Phi) is 6.77. The van der Waals surface area contributed by atoms with Crippen molar-refractivity contribution in [1.29, 1.82) is 0 Å². The number of anilines is 1. The van der Waals surface area contributed by atoms with Crippen molar-refractivity contribution in [1.82, 2.24) is 9.55 Å². The van der Waals surface area contributed by atoms with Crippen LogP contribution in [0.4, 0.5) is 5.69 Å². The summed E-state index contributed by atoms with van der Waals surface area (Å²) >= 11 is 2.60. The molecule has 4 rings (SSSR count). The normalized spacial score (nSPS) is 10.8. The molecule has 164 valence electrons. The summed E-state index contributed by atoms with van der Waals surface area (Å²) < 4.78 is 12.6. The Hall–Kier alpha value is -3.30. The number of amides is 1. The molecule has 2 aromatic carbocycles. The van der Waals surface area contributed by atoms with Crippen molar-refractivity contribution in [3.63, 3.8) is 0 Å². The van der Waals surface area contributed by atoms with Gasteiger partial charge in [-0.1, -0.05) is 23.9 Å². The molecule has 0 aliphatic heterocycles. The monoisotopic (exact) mass is 467 g/mol. The third kappa shape index (κ3) is 4.95. The van der Waals surface area contributed by atoms with E-state index < -0.39 is 0 Å². The van der Waals surface area contributed by atoms with Gasteiger partial charge in [-0.25, -0.2) is 4.98 Å². The van der Waals surface area contributed by atoms with Gasteiger partial charge in [0.05, 0.1) is 32.0 Å². The third-order valence-corrected chi connectivity index (χ3v) is 6.60. The molecule has 2 heterocycles. The van der Waals surface area contributed by atoms with E-state index in [1.54, 1.807) is 43.1 Å². The molecule has 32 heavy (non-hydrogen) atoms. The van der Waals surface area contributed by atoms with E-state index in [-0.39, 0.29) is 17.2 Å². The number of fused-ring (bicyclic) bond motifs is 1. The summed E-state index contributed by atoms with van der Waals surface area (Å²) in [6.07, 6.45) is 0. The average molecular weight is 468 g/mol. The van der Waals surface area contributed by atoms with Crippen LogP contribution >= 0.6 is 23.1 Å². The number of aromatic nitrogens is 2. The third-order valence-electron chi connectivity index (χ3n) is 4.74. The fourth-order valence-corrected chi connectivity index (χ4v) is 4.67. The van der Waals surface area contributed by atoms with Gasteiger partial charge < -0.3 is 14.8 Å². The lowest BCUT2D eigenvalue weighted by Crippen LogP contribution is -2.24. The Bertz CT molecular complexity index is 1280. The minimum absolute atomic E-state index is 0.112. The van der Waals surface area contributed by atoms with Crippen LogP contribution in [0.1, 0.15) is 5.56 Å². The second-order valence-electron chi connectivity index (χ2n) is 6.83. The van der Waals surface area contributed by atoms with Gasteiger partial charge in [0.15, 0.2) is 5.16 Å². The molecule has 0 spiro atoms. The standard InChI is InChI=1S/C23H21N3O4S2/c1-29-17-7-3-15(4-8-17)13-26-22(28)21-19(11-12-31-21)25-23(26)32-14-20(27)24-16-5-9-18(30-2)10-6-16/h3-12H,13-14H2,1-2H3,(H,24,27).